The molecule has 3 aromatic rings. The summed E-state index contributed by atoms with van der Waals surface area (Å²) >= 11 is 5.88. The van der Waals surface area contributed by atoms with E-state index in [0.29, 0.717) is 21.6 Å². The van der Waals surface area contributed by atoms with E-state index >= 15 is 0 Å². The van der Waals surface area contributed by atoms with Crippen molar-refractivity contribution >= 4 is 28.5 Å². The average Bonchev–Trinajstić information content (AvgIpc) is 2.46. The highest BCUT2D eigenvalue weighted by Gasteiger charge is 2.13. The van der Waals surface area contributed by atoms with Crippen LogP contribution in [0, 0.1) is 6.92 Å². The molecule has 0 amide bonds. The van der Waals surface area contributed by atoms with Crippen LogP contribution in [-0.4, -0.2) is 16.1 Å². The molecule has 3 rings (SSSR count). The van der Waals surface area contributed by atoms with Crippen LogP contribution in [-0.2, 0) is 0 Å². The summed E-state index contributed by atoms with van der Waals surface area (Å²) in [6.45, 7) is 1.93. The van der Waals surface area contributed by atoms with Gasteiger partial charge < -0.3 is 5.11 Å². The maximum Gasteiger partial charge on any atom is 0.336 e. The van der Waals surface area contributed by atoms with E-state index in [1.54, 1.807) is 18.2 Å². The van der Waals surface area contributed by atoms with Gasteiger partial charge in [-0.15, -0.1) is 0 Å². The number of aryl methyl sites for hydroxylation is 1. The molecule has 0 saturated heterocycles. The zero-order chi connectivity index (χ0) is 15.0. The molecule has 0 bridgehead atoms. The molecule has 0 spiro atoms. The highest BCUT2D eigenvalue weighted by Crippen LogP contribution is 2.26. The Morgan fingerprint density at radius 1 is 1.10 bits per heavy atom. The predicted molar refractivity (Wildman–Crippen MR) is 83.9 cm³/mol. The van der Waals surface area contributed by atoms with Crippen LogP contribution in [0.2, 0.25) is 5.02 Å². The Morgan fingerprint density at radius 3 is 2.48 bits per heavy atom. The van der Waals surface area contributed by atoms with E-state index < -0.39 is 5.97 Å². The van der Waals surface area contributed by atoms with Gasteiger partial charge in [0.05, 0.1) is 16.8 Å². The summed E-state index contributed by atoms with van der Waals surface area (Å²) in [5.41, 5.74) is 3.40. The number of hydrogen-bond donors (Lipinski definition) is 1. The number of aromatic nitrogens is 1. The number of carbonyl (C=O) groups is 1. The van der Waals surface area contributed by atoms with Crippen molar-refractivity contribution in [2.45, 2.75) is 6.92 Å². The van der Waals surface area contributed by atoms with Gasteiger partial charge in [0.15, 0.2) is 0 Å². The first-order valence-electron chi connectivity index (χ1n) is 6.45. The fourth-order valence-corrected chi connectivity index (χ4v) is 2.41. The second-order valence-corrected chi connectivity index (χ2v) is 5.32. The molecule has 0 atom stereocenters. The molecule has 0 aliphatic rings. The molecule has 0 radical (unpaired) electrons. The number of aromatic carboxylic acids is 1. The SMILES string of the molecule is Cc1ccc2nc(-c3ccc(Cl)cc3)cc(C(=O)O)c2c1. The first-order chi connectivity index (χ1) is 10.0. The number of carboxylic acids is 1. The van der Waals surface area contributed by atoms with Gasteiger partial charge in [0.25, 0.3) is 0 Å². The summed E-state index contributed by atoms with van der Waals surface area (Å²) in [5, 5.41) is 10.7. The fourth-order valence-electron chi connectivity index (χ4n) is 2.29. The molecule has 3 nitrogen and oxygen atoms in total. The van der Waals surface area contributed by atoms with E-state index in [0.717, 1.165) is 11.1 Å². The number of rotatable bonds is 2. The highest BCUT2D eigenvalue weighted by atomic mass is 35.5. The normalized spacial score (nSPS) is 10.8. The lowest BCUT2D eigenvalue weighted by atomic mass is 10.0. The molecular formula is C17H12ClNO2. The molecule has 1 heterocycles. The first kappa shape index (κ1) is 13.6. The Labute approximate surface area is 126 Å². The quantitative estimate of drug-likeness (QED) is 0.754. The van der Waals surface area contributed by atoms with Gasteiger partial charge in [-0.25, -0.2) is 9.78 Å². The van der Waals surface area contributed by atoms with Crippen molar-refractivity contribution in [2.24, 2.45) is 0 Å². The molecular weight excluding hydrogens is 286 g/mol. The van der Waals surface area contributed by atoms with Crippen LogP contribution in [0.3, 0.4) is 0 Å². The molecule has 104 valence electrons. The van der Waals surface area contributed by atoms with Gasteiger partial charge in [0, 0.05) is 16.0 Å². The topological polar surface area (TPSA) is 50.2 Å². The second kappa shape index (κ2) is 5.19. The number of fused-ring (bicyclic) bond motifs is 1. The van der Waals surface area contributed by atoms with Crippen LogP contribution in [0.1, 0.15) is 15.9 Å². The van der Waals surface area contributed by atoms with E-state index in [2.05, 4.69) is 4.98 Å². The maximum atomic E-state index is 11.5. The standard InChI is InChI=1S/C17H12ClNO2/c1-10-2-7-15-13(8-10)14(17(20)21)9-16(19-15)11-3-5-12(18)6-4-11/h2-9H,1H3,(H,20,21). The molecule has 0 fully saturated rings. The first-order valence-corrected chi connectivity index (χ1v) is 6.83. The lowest BCUT2D eigenvalue weighted by Crippen LogP contribution is -2.00. The summed E-state index contributed by atoms with van der Waals surface area (Å²) in [6.07, 6.45) is 0. The summed E-state index contributed by atoms with van der Waals surface area (Å²) < 4.78 is 0. The minimum Gasteiger partial charge on any atom is -0.478 e. The van der Waals surface area contributed by atoms with Gasteiger partial charge in [-0.2, -0.15) is 0 Å². The van der Waals surface area contributed by atoms with Gasteiger partial charge in [-0.1, -0.05) is 35.4 Å². The van der Waals surface area contributed by atoms with Crippen LogP contribution in [0.25, 0.3) is 22.2 Å². The summed E-state index contributed by atoms with van der Waals surface area (Å²) in [5.74, 6) is -0.955. The Balaban J connectivity index is 2.28. The molecule has 0 unspecified atom stereocenters. The van der Waals surface area contributed by atoms with Crippen LogP contribution in [0.4, 0.5) is 0 Å². The van der Waals surface area contributed by atoms with E-state index in [-0.39, 0.29) is 5.56 Å². The number of pyridine rings is 1. The zero-order valence-corrected chi connectivity index (χ0v) is 12.1. The summed E-state index contributed by atoms with van der Waals surface area (Å²) in [4.78, 5) is 16.1. The van der Waals surface area contributed by atoms with Gasteiger partial charge in [-0.05, 0) is 37.3 Å². The summed E-state index contributed by atoms with van der Waals surface area (Å²) in [6, 6.07) is 14.4. The molecule has 1 N–H and O–H groups in total. The van der Waals surface area contributed by atoms with E-state index in [1.165, 1.54) is 0 Å². The zero-order valence-electron chi connectivity index (χ0n) is 11.3. The van der Waals surface area contributed by atoms with Crippen molar-refractivity contribution in [1.82, 2.24) is 4.98 Å². The highest BCUT2D eigenvalue weighted by molar-refractivity contribution is 6.30. The van der Waals surface area contributed by atoms with Gasteiger partial charge in [0.2, 0.25) is 0 Å². The van der Waals surface area contributed by atoms with Crippen molar-refractivity contribution in [3.8, 4) is 11.3 Å². The number of carboxylic acid groups (broad SMARTS) is 1. The Bertz CT molecular complexity index is 841. The largest absolute Gasteiger partial charge is 0.478 e. The van der Waals surface area contributed by atoms with Crippen molar-refractivity contribution < 1.29 is 9.90 Å². The second-order valence-electron chi connectivity index (χ2n) is 4.89. The monoisotopic (exact) mass is 297 g/mol. The van der Waals surface area contributed by atoms with Gasteiger partial charge in [-0.3, -0.25) is 0 Å². The lowest BCUT2D eigenvalue weighted by molar-refractivity contribution is 0.0699. The van der Waals surface area contributed by atoms with Crippen molar-refractivity contribution in [2.75, 3.05) is 0 Å². The Kier molecular flexibility index (Phi) is 3.35. The summed E-state index contributed by atoms with van der Waals surface area (Å²) in [7, 11) is 0. The number of hydrogen-bond acceptors (Lipinski definition) is 2. The smallest absolute Gasteiger partial charge is 0.336 e. The number of halogens is 1. The Hall–Kier alpha value is -2.39. The van der Waals surface area contributed by atoms with Gasteiger partial charge >= 0.3 is 5.97 Å². The van der Waals surface area contributed by atoms with E-state index in [1.807, 2.05) is 37.3 Å². The van der Waals surface area contributed by atoms with Crippen molar-refractivity contribution in [1.29, 1.82) is 0 Å². The van der Waals surface area contributed by atoms with Crippen LogP contribution in [0.15, 0.2) is 48.5 Å². The molecule has 2 aromatic carbocycles. The van der Waals surface area contributed by atoms with Crippen molar-refractivity contribution in [3.05, 3.63) is 64.7 Å². The van der Waals surface area contributed by atoms with Crippen LogP contribution < -0.4 is 0 Å². The predicted octanol–water partition coefficient (Wildman–Crippen LogP) is 4.56. The molecule has 21 heavy (non-hydrogen) atoms. The number of nitrogens with zero attached hydrogens (tertiary/aromatic N) is 1. The third kappa shape index (κ3) is 2.60. The van der Waals surface area contributed by atoms with E-state index in [4.69, 9.17) is 11.6 Å². The minimum atomic E-state index is -0.955. The van der Waals surface area contributed by atoms with Crippen LogP contribution >= 0.6 is 11.6 Å². The third-order valence-electron chi connectivity index (χ3n) is 3.33. The third-order valence-corrected chi connectivity index (χ3v) is 3.59. The maximum absolute atomic E-state index is 11.5. The molecule has 1 aromatic heterocycles. The fraction of sp³-hybridized carbons (Fsp3) is 0.0588. The van der Waals surface area contributed by atoms with E-state index in [9.17, 15) is 9.90 Å². The molecule has 4 heteroatoms. The minimum absolute atomic E-state index is 0.258. The molecule has 0 aliphatic carbocycles. The van der Waals surface area contributed by atoms with Gasteiger partial charge in [0.1, 0.15) is 0 Å². The number of benzene rings is 2. The Morgan fingerprint density at radius 2 is 1.81 bits per heavy atom. The van der Waals surface area contributed by atoms with Crippen LogP contribution in [0.5, 0.6) is 0 Å². The van der Waals surface area contributed by atoms with Crippen molar-refractivity contribution in [3.63, 3.8) is 0 Å². The molecule has 0 saturated carbocycles. The average molecular weight is 298 g/mol. The molecule has 0 aliphatic heterocycles. The lowest BCUT2D eigenvalue weighted by Gasteiger charge is -2.08.